The van der Waals surface area contributed by atoms with Gasteiger partial charge in [0.2, 0.25) is 5.91 Å². The summed E-state index contributed by atoms with van der Waals surface area (Å²) in [6, 6.07) is 8.65. The van der Waals surface area contributed by atoms with Gasteiger partial charge in [0.1, 0.15) is 0 Å². The normalized spacial score (nSPS) is 18.3. The molecular weight excluding hydrogens is 358 g/mol. The fourth-order valence-electron chi connectivity index (χ4n) is 3.46. The molecule has 150 valence electrons. The molecule has 3 N–H and O–H groups in total. The minimum absolute atomic E-state index is 0.0168. The van der Waals surface area contributed by atoms with E-state index in [9.17, 15) is 4.79 Å². The Morgan fingerprint density at radius 2 is 2.15 bits per heavy atom. The molecule has 7 heteroatoms. The number of carbonyl (C=O) groups is 1. The summed E-state index contributed by atoms with van der Waals surface area (Å²) >= 11 is 1.75. The van der Waals surface area contributed by atoms with Crippen LogP contribution < -0.4 is 11.1 Å². The number of primary amides is 1. The number of rotatable bonds is 8. The molecule has 1 aliphatic heterocycles. The summed E-state index contributed by atoms with van der Waals surface area (Å²) < 4.78 is 0. The number of guanidine groups is 1. The molecule has 6 nitrogen and oxygen atoms in total. The molecule has 0 bridgehead atoms. The van der Waals surface area contributed by atoms with E-state index in [1.54, 1.807) is 11.8 Å². The average Bonchev–Trinajstić information content (AvgIpc) is 2.68. The van der Waals surface area contributed by atoms with E-state index in [0.29, 0.717) is 0 Å². The molecule has 1 atom stereocenters. The molecular formula is C20H33N5OS. The highest BCUT2D eigenvalue weighted by Gasteiger charge is 2.23. The van der Waals surface area contributed by atoms with Crippen LogP contribution in [0.1, 0.15) is 24.8 Å². The predicted molar refractivity (Wildman–Crippen MR) is 114 cm³/mol. The van der Waals surface area contributed by atoms with Gasteiger partial charge in [-0.15, -0.1) is 11.8 Å². The van der Waals surface area contributed by atoms with Crippen LogP contribution in [-0.2, 0) is 11.3 Å². The van der Waals surface area contributed by atoms with Gasteiger partial charge in [-0.1, -0.05) is 12.1 Å². The van der Waals surface area contributed by atoms with E-state index < -0.39 is 0 Å². The first-order chi connectivity index (χ1) is 13.0. The van der Waals surface area contributed by atoms with E-state index in [0.717, 1.165) is 57.9 Å². The van der Waals surface area contributed by atoms with Crippen LogP contribution >= 0.6 is 11.8 Å². The molecule has 1 aromatic carbocycles. The zero-order valence-corrected chi connectivity index (χ0v) is 17.6. The van der Waals surface area contributed by atoms with Gasteiger partial charge in [-0.25, -0.2) is 0 Å². The highest BCUT2D eigenvalue weighted by atomic mass is 32.2. The summed E-state index contributed by atoms with van der Waals surface area (Å²) in [6.45, 7) is 4.52. The SMILES string of the molecule is CN=C(NCCCN1CCCC(C(N)=O)C1)N(C)Cc1ccc(SC)cc1. The van der Waals surface area contributed by atoms with Crippen LogP contribution in [-0.4, -0.2) is 68.2 Å². The lowest BCUT2D eigenvalue weighted by atomic mass is 9.97. The van der Waals surface area contributed by atoms with Gasteiger partial charge in [-0.3, -0.25) is 9.79 Å². The second-order valence-corrected chi connectivity index (χ2v) is 7.95. The average molecular weight is 392 g/mol. The Morgan fingerprint density at radius 1 is 1.41 bits per heavy atom. The van der Waals surface area contributed by atoms with Crippen LogP contribution in [0.4, 0.5) is 0 Å². The van der Waals surface area contributed by atoms with E-state index in [1.165, 1.54) is 10.5 Å². The molecule has 1 amide bonds. The standard InChI is InChI=1S/C20H33N5OS/c1-22-20(24(2)14-16-7-9-18(27-3)10-8-16)23-11-5-13-25-12-4-6-17(15-25)19(21)26/h7-10,17H,4-6,11-15H2,1-3H3,(H2,21,26)(H,22,23). The number of nitrogens with one attached hydrogen (secondary N) is 1. The quantitative estimate of drug-likeness (QED) is 0.307. The van der Waals surface area contributed by atoms with Gasteiger partial charge in [0.15, 0.2) is 5.96 Å². The van der Waals surface area contributed by atoms with Gasteiger partial charge in [-0.2, -0.15) is 0 Å². The van der Waals surface area contributed by atoms with Gasteiger partial charge in [0.05, 0.1) is 5.92 Å². The lowest BCUT2D eigenvalue weighted by Gasteiger charge is -2.31. The Labute approximate surface area is 167 Å². The lowest BCUT2D eigenvalue weighted by molar-refractivity contribution is -0.123. The number of nitrogens with zero attached hydrogens (tertiary/aromatic N) is 3. The molecule has 0 saturated carbocycles. The van der Waals surface area contributed by atoms with E-state index >= 15 is 0 Å². The summed E-state index contributed by atoms with van der Waals surface area (Å²) in [5.41, 5.74) is 6.72. The maximum atomic E-state index is 11.4. The molecule has 2 rings (SSSR count). The van der Waals surface area contributed by atoms with Crippen molar-refractivity contribution < 1.29 is 4.79 Å². The maximum absolute atomic E-state index is 11.4. The summed E-state index contributed by atoms with van der Waals surface area (Å²) in [4.78, 5) is 21.5. The van der Waals surface area contributed by atoms with Gasteiger partial charge < -0.3 is 20.9 Å². The van der Waals surface area contributed by atoms with Crippen LogP contribution in [0.15, 0.2) is 34.2 Å². The first kappa shape index (κ1) is 21.6. The van der Waals surface area contributed by atoms with E-state index in [4.69, 9.17) is 5.73 Å². The summed E-state index contributed by atoms with van der Waals surface area (Å²) in [5, 5.41) is 3.44. The highest BCUT2D eigenvalue weighted by molar-refractivity contribution is 7.98. The number of carbonyl (C=O) groups excluding carboxylic acids is 1. The van der Waals surface area contributed by atoms with Crippen molar-refractivity contribution in [1.29, 1.82) is 0 Å². The number of hydrogen-bond donors (Lipinski definition) is 2. The first-order valence-electron chi connectivity index (χ1n) is 9.60. The third-order valence-corrected chi connectivity index (χ3v) is 5.74. The van der Waals surface area contributed by atoms with Crippen molar-refractivity contribution in [3.05, 3.63) is 29.8 Å². The summed E-state index contributed by atoms with van der Waals surface area (Å²) in [5.74, 6) is 0.756. The third kappa shape index (κ3) is 7.07. The largest absolute Gasteiger partial charge is 0.369 e. The van der Waals surface area contributed by atoms with Crippen LogP contribution in [0.5, 0.6) is 0 Å². The Kier molecular flexibility index (Phi) is 8.94. The van der Waals surface area contributed by atoms with Crippen molar-refractivity contribution in [2.45, 2.75) is 30.7 Å². The number of amides is 1. The Morgan fingerprint density at radius 3 is 2.78 bits per heavy atom. The summed E-state index contributed by atoms with van der Waals surface area (Å²) in [6.07, 6.45) is 5.09. The number of hydrogen-bond acceptors (Lipinski definition) is 4. The van der Waals surface area contributed by atoms with E-state index in [2.05, 4.69) is 57.7 Å². The molecule has 1 heterocycles. The number of thioether (sulfide) groups is 1. The minimum atomic E-state index is -0.162. The molecule has 27 heavy (non-hydrogen) atoms. The Balaban J connectivity index is 1.72. The molecule has 1 unspecified atom stereocenters. The smallest absolute Gasteiger partial charge is 0.221 e. The number of benzene rings is 1. The molecule has 0 spiro atoms. The molecule has 1 fully saturated rings. The molecule has 0 radical (unpaired) electrons. The van der Waals surface area contributed by atoms with E-state index in [-0.39, 0.29) is 11.8 Å². The fraction of sp³-hybridized carbons (Fsp3) is 0.600. The van der Waals surface area contributed by atoms with Crippen LogP contribution in [0.2, 0.25) is 0 Å². The van der Waals surface area contributed by atoms with Gasteiger partial charge in [-0.05, 0) is 56.3 Å². The van der Waals surface area contributed by atoms with Crippen molar-refractivity contribution in [2.24, 2.45) is 16.6 Å². The zero-order chi connectivity index (χ0) is 19.6. The topological polar surface area (TPSA) is 74.0 Å². The van der Waals surface area contributed by atoms with Crippen LogP contribution in [0, 0.1) is 5.92 Å². The summed E-state index contributed by atoms with van der Waals surface area (Å²) in [7, 11) is 3.87. The number of piperidine rings is 1. The monoisotopic (exact) mass is 391 g/mol. The van der Waals surface area contributed by atoms with Crippen molar-refractivity contribution in [3.8, 4) is 0 Å². The third-order valence-electron chi connectivity index (χ3n) is 4.99. The van der Waals surface area contributed by atoms with Crippen molar-refractivity contribution in [2.75, 3.05) is 46.5 Å². The first-order valence-corrected chi connectivity index (χ1v) is 10.8. The Hall–Kier alpha value is -1.73. The zero-order valence-electron chi connectivity index (χ0n) is 16.8. The number of nitrogens with two attached hydrogens (primary N) is 1. The second kappa shape index (κ2) is 11.2. The van der Waals surface area contributed by atoms with Gasteiger partial charge in [0.25, 0.3) is 0 Å². The maximum Gasteiger partial charge on any atom is 0.221 e. The molecule has 1 saturated heterocycles. The lowest BCUT2D eigenvalue weighted by Crippen LogP contribution is -2.43. The molecule has 1 aromatic rings. The van der Waals surface area contributed by atoms with Gasteiger partial charge >= 0.3 is 0 Å². The fourth-order valence-corrected chi connectivity index (χ4v) is 3.87. The second-order valence-electron chi connectivity index (χ2n) is 7.07. The number of likely N-dealkylation sites (tertiary alicyclic amines) is 1. The molecule has 1 aliphatic rings. The van der Waals surface area contributed by atoms with E-state index in [1.807, 2.05) is 7.05 Å². The van der Waals surface area contributed by atoms with Crippen LogP contribution in [0.25, 0.3) is 0 Å². The molecule has 0 aromatic heterocycles. The Bertz CT molecular complexity index is 619. The molecule has 0 aliphatic carbocycles. The van der Waals surface area contributed by atoms with Gasteiger partial charge in [0, 0.05) is 38.6 Å². The van der Waals surface area contributed by atoms with Crippen molar-refractivity contribution in [3.63, 3.8) is 0 Å². The van der Waals surface area contributed by atoms with Crippen molar-refractivity contribution in [1.82, 2.24) is 15.1 Å². The van der Waals surface area contributed by atoms with Crippen molar-refractivity contribution >= 4 is 23.6 Å². The predicted octanol–water partition coefficient (Wildman–Crippen LogP) is 2.00. The minimum Gasteiger partial charge on any atom is -0.369 e. The number of aliphatic imine (C=N–C) groups is 1. The highest BCUT2D eigenvalue weighted by Crippen LogP contribution is 2.16. The van der Waals surface area contributed by atoms with Crippen LogP contribution in [0.3, 0.4) is 0 Å².